The van der Waals surface area contributed by atoms with Gasteiger partial charge in [-0.05, 0) is 37.3 Å². The number of aryl methyl sites for hydroxylation is 1. The van der Waals surface area contributed by atoms with Gasteiger partial charge in [0.25, 0.3) is 11.8 Å². The van der Waals surface area contributed by atoms with Crippen LogP contribution in [0.25, 0.3) is 0 Å². The van der Waals surface area contributed by atoms with Gasteiger partial charge in [0.2, 0.25) is 5.91 Å². The number of anilines is 1. The molecule has 0 spiro atoms. The van der Waals surface area contributed by atoms with E-state index >= 15 is 0 Å². The third kappa shape index (κ3) is 3.37. The van der Waals surface area contributed by atoms with E-state index in [-0.39, 0.29) is 16.3 Å². The highest BCUT2D eigenvalue weighted by Gasteiger charge is 2.60. The average Bonchev–Trinajstić information content (AvgIpc) is 3.25. The first-order valence-electron chi connectivity index (χ1n) is 9.14. The van der Waals surface area contributed by atoms with Gasteiger partial charge < -0.3 is 4.74 Å². The maximum atomic E-state index is 13.3. The third-order valence-corrected chi connectivity index (χ3v) is 5.65. The molecule has 1 fully saturated rings. The molecule has 2 atom stereocenters. The number of esters is 1. The molecule has 2 aliphatic rings. The number of ether oxygens (including phenoxy) is 1. The first-order chi connectivity index (χ1) is 14.7. The summed E-state index contributed by atoms with van der Waals surface area (Å²) < 4.78 is 4.72. The van der Waals surface area contributed by atoms with Crippen molar-refractivity contribution < 1.29 is 23.9 Å². The molecular weight excluding hydrogens is 445 g/mol. The normalized spacial score (nSPS) is 20.1. The number of carbonyl (C=O) groups is 4. The van der Waals surface area contributed by atoms with E-state index in [1.54, 1.807) is 24.3 Å². The number of imide groups is 1. The molecule has 0 N–H and O–H groups in total. The van der Waals surface area contributed by atoms with Crippen molar-refractivity contribution in [2.24, 2.45) is 11.0 Å². The van der Waals surface area contributed by atoms with Crippen molar-refractivity contribution in [2.45, 2.75) is 13.0 Å². The van der Waals surface area contributed by atoms with Crippen LogP contribution < -0.4 is 4.90 Å². The Labute approximate surface area is 187 Å². The Morgan fingerprint density at radius 3 is 2.32 bits per heavy atom. The minimum atomic E-state index is -1.33. The van der Waals surface area contributed by atoms with E-state index < -0.39 is 35.7 Å². The van der Waals surface area contributed by atoms with Crippen molar-refractivity contribution in [1.29, 1.82) is 0 Å². The summed E-state index contributed by atoms with van der Waals surface area (Å²) in [5.41, 5.74) is 0.970. The molecule has 4 rings (SSSR count). The number of methoxy groups -OCH3 is 1. The topological polar surface area (TPSA) is 96.3 Å². The molecule has 31 heavy (non-hydrogen) atoms. The van der Waals surface area contributed by atoms with Crippen molar-refractivity contribution in [3.05, 3.63) is 63.6 Å². The summed E-state index contributed by atoms with van der Waals surface area (Å²) in [5, 5.41) is 5.17. The number of benzene rings is 2. The fourth-order valence-electron chi connectivity index (χ4n) is 3.59. The molecule has 2 aromatic rings. The second-order valence-corrected chi connectivity index (χ2v) is 7.86. The van der Waals surface area contributed by atoms with E-state index in [9.17, 15) is 19.2 Å². The van der Waals surface area contributed by atoms with Crippen LogP contribution in [0, 0.1) is 12.8 Å². The Morgan fingerprint density at radius 1 is 1.03 bits per heavy atom. The monoisotopic (exact) mass is 459 g/mol. The van der Waals surface area contributed by atoms with Gasteiger partial charge in [-0.1, -0.05) is 40.9 Å². The second kappa shape index (κ2) is 7.79. The van der Waals surface area contributed by atoms with Crippen molar-refractivity contribution in [1.82, 2.24) is 5.01 Å². The van der Waals surface area contributed by atoms with Gasteiger partial charge in [-0.25, -0.2) is 14.7 Å². The number of carbonyl (C=O) groups excluding carboxylic acids is 4. The van der Waals surface area contributed by atoms with Crippen molar-refractivity contribution in [3.63, 3.8) is 0 Å². The predicted octanol–water partition coefficient (Wildman–Crippen LogP) is 2.84. The quantitative estimate of drug-likeness (QED) is 0.519. The van der Waals surface area contributed by atoms with E-state index in [0.29, 0.717) is 10.7 Å². The molecule has 0 aromatic heterocycles. The van der Waals surface area contributed by atoms with Crippen molar-refractivity contribution >= 4 is 58.3 Å². The van der Waals surface area contributed by atoms with E-state index in [4.69, 9.17) is 27.9 Å². The zero-order chi connectivity index (χ0) is 22.4. The van der Waals surface area contributed by atoms with Gasteiger partial charge in [0.15, 0.2) is 11.8 Å². The largest absolute Gasteiger partial charge is 0.464 e. The Balaban J connectivity index is 1.79. The smallest absolute Gasteiger partial charge is 0.355 e. The average molecular weight is 460 g/mol. The van der Waals surface area contributed by atoms with Crippen LogP contribution >= 0.6 is 23.2 Å². The zero-order valence-corrected chi connectivity index (χ0v) is 17.8. The maximum Gasteiger partial charge on any atom is 0.355 e. The molecule has 0 aliphatic carbocycles. The maximum absolute atomic E-state index is 13.3. The molecule has 0 saturated carbocycles. The highest BCUT2D eigenvalue weighted by atomic mass is 35.5. The van der Waals surface area contributed by atoms with Crippen LogP contribution in [-0.2, 0) is 19.1 Å². The highest BCUT2D eigenvalue weighted by Crippen LogP contribution is 2.37. The zero-order valence-electron chi connectivity index (χ0n) is 16.3. The first kappa shape index (κ1) is 21.0. The summed E-state index contributed by atoms with van der Waals surface area (Å²) in [6.07, 6.45) is 0. The van der Waals surface area contributed by atoms with Crippen LogP contribution in [0.15, 0.2) is 47.6 Å². The molecule has 2 unspecified atom stereocenters. The van der Waals surface area contributed by atoms with E-state index in [0.717, 1.165) is 22.6 Å². The lowest BCUT2D eigenvalue weighted by molar-refractivity contribution is -0.133. The number of hydrazone groups is 1. The molecule has 0 bridgehead atoms. The number of nitrogens with zero attached hydrogens (tertiary/aromatic N) is 3. The van der Waals surface area contributed by atoms with Crippen molar-refractivity contribution in [3.8, 4) is 0 Å². The van der Waals surface area contributed by atoms with Gasteiger partial charge in [0.05, 0.1) is 23.4 Å². The summed E-state index contributed by atoms with van der Waals surface area (Å²) in [7, 11) is 1.12. The molecular formula is C21H15Cl2N3O5. The van der Waals surface area contributed by atoms with Gasteiger partial charge in [-0.2, -0.15) is 5.10 Å². The van der Waals surface area contributed by atoms with E-state index in [1.165, 1.54) is 18.2 Å². The van der Waals surface area contributed by atoms with Gasteiger partial charge in [-0.3, -0.25) is 14.4 Å². The lowest BCUT2D eigenvalue weighted by atomic mass is 9.97. The molecule has 3 amide bonds. The number of amides is 3. The standard InChI is InChI=1S/C21H15Cl2N3O5/c1-10-3-6-12(7-4-10)25-19(28)15-16(21(30)31-2)24-26(17(15)20(25)29)18(27)13-8-5-11(22)9-14(13)23/h3-9,15,17H,1-2H3. The van der Waals surface area contributed by atoms with Crippen LogP contribution in [0.5, 0.6) is 0 Å². The minimum absolute atomic E-state index is 0.0220. The molecule has 8 nitrogen and oxygen atoms in total. The van der Waals surface area contributed by atoms with Crippen LogP contribution in [0.4, 0.5) is 5.69 Å². The number of rotatable bonds is 3. The highest BCUT2D eigenvalue weighted by molar-refractivity contribution is 6.47. The predicted molar refractivity (Wildman–Crippen MR) is 113 cm³/mol. The van der Waals surface area contributed by atoms with Gasteiger partial charge in [0, 0.05) is 5.02 Å². The Bertz CT molecular complexity index is 1160. The summed E-state index contributed by atoms with van der Waals surface area (Å²) >= 11 is 12.0. The van der Waals surface area contributed by atoms with Crippen LogP contribution in [0.1, 0.15) is 15.9 Å². The van der Waals surface area contributed by atoms with Crippen molar-refractivity contribution in [2.75, 3.05) is 12.0 Å². The lowest BCUT2D eigenvalue weighted by Crippen LogP contribution is -2.42. The molecule has 2 aromatic carbocycles. The first-order valence-corrected chi connectivity index (χ1v) is 9.90. The summed E-state index contributed by atoms with van der Waals surface area (Å²) in [5.74, 6) is -4.28. The molecule has 2 aliphatic heterocycles. The van der Waals surface area contributed by atoms with Crippen LogP contribution in [-0.4, -0.2) is 47.6 Å². The fraction of sp³-hybridized carbons (Fsp3) is 0.190. The molecule has 0 radical (unpaired) electrons. The molecule has 158 valence electrons. The molecule has 1 saturated heterocycles. The second-order valence-electron chi connectivity index (χ2n) is 7.02. The lowest BCUT2D eigenvalue weighted by Gasteiger charge is -2.21. The minimum Gasteiger partial charge on any atom is -0.464 e. The fourth-order valence-corrected chi connectivity index (χ4v) is 4.08. The molecule has 2 heterocycles. The number of fused-ring (bicyclic) bond motifs is 1. The van der Waals surface area contributed by atoms with E-state index in [1.807, 2.05) is 6.92 Å². The summed E-state index contributed by atoms with van der Waals surface area (Å²) in [6.45, 7) is 1.87. The Morgan fingerprint density at radius 2 is 1.71 bits per heavy atom. The molecule has 10 heteroatoms. The van der Waals surface area contributed by atoms with Gasteiger partial charge in [-0.15, -0.1) is 0 Å². The number of hydrogen-bond donors (Lipinski definition) is 0. The number of halogens is 2. The summed E-state index contributed by atoms with van der Waals surface area (Å²) in [4.78, 5) is 52.8. The van der Waals surface area contributed by atoms with Gasteiger partial charge in [0.1, 0.15) is 5.92 Å². The van der Waals surface area contributed by atoms with E-state index in [2.05, 4.69) is 5.10 Å². The third-order valence-electron chi connectivity index (χ3n) is 5.11. The Kier molecular flexibility index (Phi) is 5.28. The Hall–Kier alpha value is -3.23. The summed E-state index contributed by atoms with van der Waals surface area (Å²) in [6, 6.07) is 9.60. The SMILES string of the molecule is COC(=O)C1=NN(C(=O)c2ccc(Cl)cc2Cl)C2C(=O)N(c3ccc(C)cc3)C(=O)C12. The van der Waals surface area contributed by atoms with Crippen LogP contribution in [0.2, 0.25) is 10.0 Å². The van der Waals surface area contributed by atoms with Crippen LogP contribution in [0.3, 0.4) is 0 Å². The number of hydrogen-bond acceptors (Lipinski definition) is 6. The van der Waals surface area contributed by atoms with Gasteiger partial charge >= 0.3 is 5.97 Å².